The van der Waals surface area contributed by atoms with Crippen molar-refractivity contribution in [2.24, 2.45) is 0 Å². The van der Waals surface area contributed by atoms with Crippen LogP contribution in [0.3, 0.4) is 0 Å². The summed E-state index contributed by atoms with van der Waals surface area (Å²) in [7, 11) is 0. The molecule has 0 bridgehead atoms. The monoisotopic (exact) mass is 291 g/mol. The summed E-state index contributed by atoms with van der Waals surface area (Å²) in [4.78, 5) is 2.19. The average Bonchev–Trinajstić information content (AvgIpc) is 2.78. The summed E-state index contributed by atoms with van der Waals surface area (Å²) in [6.07, 6.45) is -3.08. The Morgan fingerprint density at radius 1 is 1.35 bits per heavy atom. The molecule has 0 aliphatic carbocycles. The van der Waals surface area contributed by atoms with Gasteiger partial charge in [0.25, 0.3) is 0 Å². The van der Waals surface area contributed by atoms with Gasteiger partial charge in [-0.3, -0.25) is 14.7 Å². The summed E-state index contributed by atoms with van der Waals surface area (Å²) < 4.78 is 41.4. The zero-order valence-electron chi connectivity index (χ0n) is 11.9. The van der Waals surface area contributed by atoms with E-state index in [1.54, 1.807) is 12.3 Å². The van der Waals surface area contributed by atoms with Gasteiger partial charge in [-0.25, -0.2) is 0 Å². The van der Waals surface area contributed by atoms with Gasteiger partial charge in [-0.05, 0) is 39.7 Å². The topological polar surface area (TPSA) is 41.1 Å². The Balaban J connectivity index is 2.16. The predicted octanol–water partition coefficient (Wildman–Crippen LogP) is 3.25. The molecule has 0 spiro atoms. The number of likely N-dealkylation sites (tertiary alicyclic amines) is 1. The molecule has 1 aliphatic rings. The van der Waals surface area contributed by atoms with E-state index in [1.165, 1.54) is 0 Å². The highest BCUT2D eigenvalue weighted by Crippen LogP contribution is 2.37. The molecule has 1 fully saturated rings. The largest absolute Gasteiger partial charge is 0.522 e. The van der Waals surface area contributed by atoms with Crippen LogP contribution >= 0.6 is 0 Å². The molecule has 0 saturated carbocycles. The summed E-state index contributed by atoms with van der Waals surface area (Å²) in [5.74, 6) is 0. The molecule has 4 nitrogen and oxygen atoms in total. The van der Waals surface area contributed by atoms with E-state index < -0.39 is 12.5 Å². The van der Waals surface area contributed by atoms with E-state index in [-0.39, 0.29) is 11.6 Å². The minimum absolute atomic E-state index is 0.126. The number of hydrogen-bond donors (Lipinski definition) is 1. The van der Waals surface area contributed by atoms with Crippen molar-refractivity contribution >= 4 is 0 Å². The molecule has 0 amide bonds. The summed E-state index contributed by atoms with van der Waals surface area (Å²) in [5.41, 5.74) is 0.703. The first kappa shape index (κ1) is 15.3. The summed E-state index contributed by atoms with van der Waals surface area (Å²) in [6, 6.07) is 1.66. The van der Waals surface area contributed by atoms with Crippen molar-refractivity contribution in [3.8, 4) is 0 Å². The Bertz CT molecular complexity index is 425. The maximum absolute atomic E-state index is 12.4. The Morgan fingerprint density at radius 3 is 2.55 bits per heavy atom. The third kappa shape index (κ3) is 3.73. The van der Waals surface area contributed by atoms with E-state index >= 15 is 0 Å². The second-order valence-corrected chi connectivity index (χ2v) is 6.10. The van der Waals surface area contributed by atoms with Gasteiger partial charge in [0.05, 0.1) is 17.8 Å². The highest BCUT2D eigenvalue weighted by Gasteiger charge is 2.41. The number of rotatable bonds is 2. The lowest BCUT2D eigenvalue weighted by atomic mass is 9.91. The van der Waals surface area contributed by atoms with Gasteiger partial charge in [0.2, 0.25) is 0 Å². The van der Waals surface area contributed by atoms with Gasteiger partial charge in [-0.1, -0.05) is 0 Å². The molecule has 0 aromatic carbocycles. The fourth-order valence-corrected chi connectivity index (χ4v) is 2.78. The van der Waals surface area contributed by atoms with E-state index in [9.17, 15) is 13.2 Å². The summed E-state index contributed by atoms with van der Waals surface area (Å²) >= 11 is 0. The molecule has 2 heterocycles. The van der Waals surface area contributed by atoms with Gasteiger partial charge in [0.15, 0.2) is 0 Å². The van der Waals surface area contributed by atoms with Crippen molar-refractivity contribution in [3.05, 3.63) is 18.0 Å². The molecule has 1 aromatic heterocycles. The van der Waals surface area contributed by atoms with Gasteiger partial charge >= 0.3 is 6.36 Å². The molecule has 2 atom stereocenters. The van der Waals surface area contributed by atoms with Crippen LogP contribution in [0.5, 0.6) is 0 Å². The van der Waals surface area contributed by atoms with E-state index in [0.29, 0.717) is 19.4 Å². The molecule has 114 valence electrons. The first-order valence-electron chi connectivity index (χ1n) is 6.67. The van der Waals surface area contributed by atoms with E-state index in [2.05, 4.69) is 40.6 Å². The molecule has 2 rings (SSSR count). The summed E-state index contributed by atoms with van der Waals surface area (Å²) in [6.45, 7) is 6.73. The molecule has 20 heavy (non-hydrogen) atoms. The van der Waals surface area contributed by atoms with Crippen LogP contribution in [0, 0.1) is 0 Å². The number of H-pyrrole nitrogens is 1. The lowest BCUT2D eigenvalue weighted by Crippen LogP contribution is -2.50. The quantitative estimate of drug-likeness (QED) is 0.909. The SMILES string of the molecule is CC(C)(C)N1CC[C@@H](OC(F)(F)F)C[C@H]1c1ccn[nH]1. The molecule has 7 heteroatoms. The first-order chi connectivity index (χ1) is 9.17. The van der Waals surface area contributed by atoms with Crippen molar-refractivity contribution in [2.45, 2.75) is 57.7 Å². The number of hydrogen-bond acceptors (Lipinski definition) is 3. The molecule has 1 N–H and O–H groups in total. The Kier molecular flexibility index (Phi) is 4.11. The minimum Gasteiger partial charge on any atom is -0.290 e. The van der Waals surface area contributed by atoms with E-state index in [4.69, 9.17) is 0 Å². The number of alkyl halides is 3. The maximum Gasteiger partial charge on any atom is 0.522 e. The number of aromatic amines is 1. The highest BCUT2D eigenvalue weighted by molar-refractivity contribution is 5.08. The Hall–Kier alpha value is -1.08. The zero-order valence-corrected chi connectivity index (χ0v) is 11.9. The lowest BCUT2D eigenvalue weighted by Gasteiger charge is -2.46. The number of nitrogens with one attached hydrogen (secondary N) is 1. The molecule has 1 aliphatic heterocycles. The second kappa shape index (κ2) is 5.37. The second-order valence-electron chi connectivity index (χ2n) is 6.10. The van der Waals surface area contributed by atoms with Crippen molar-refractivity contribution in [2.75, 3.05) is 6.54 Å². The standard InChI is InChI=1S/C13H20F3N3O/c1-12(2,3)19-7-5-9(20-13(14,15)16)8-11(19)10-4-6-17-18-10/h4,6,9,11H,5,7-8H2,1-3H3,(H,17,18)/t9-,11+/m1/s1. The lowest BCUT2D eigenvalue weighted by molar-refractivity contribution is -0.347. The smallest absolute Gasteiger partial charge is 0.290 e. The number of piperidine rings is 1. The van der Waals surface area contributed by atoms with Crippen molar-refractivity contribution < 1.29 is 17.9 Å². The van der Waals surface area contributed by atoms with Crippen LogP contribution < -0.4 is 0 Å². The van der Waals surface area contributed by atoms with Crippen LogP contribution in [0.25, 0.3) is 0 Å². The van der Waals surface area contributed by atoms with Gasteiger partial charge < -0.3 is 0 Å². The molecule has 0 unspecified atom stereocenters. The Labute approximate surface area is 116 Å². The van der Waals surface area contributed by atoms with Crippen LogP contribution in [-0.2, 0) is 4.74 Å². The van der Waals surface area contributed by atoms with Gasteiger partial charge in [0.1, 0.15) is 0 Å². The zero-order chi connectivity index (χ0) is 15.0. The molecular weight excluding hydrogens is 271 g/mol. The summed E-state index contributed by atoms with van der Waals surface area (Å²) in [5, 5.41) is 6.76. The van der Waals surface area contributed by atoms with Crippen LogP contribution in [0.15, 0.2) is 12.3 Å². The number of nitrogens with zero attached hydrogens (tertiary/aromatic N) is 2. The first-order valence-corrected chi connectivity index (χ1v) is 6.67. The number of aromatic nitrogens is 2. The average molecular weight is 291 g/mol. The van der Waals surface area contributed by atoms with Gasteiger partial charge in [-0.15, -0.1) is 13.2 Å². The maximum atomic E-state index is 12.4. The third-order valence-electron chi connectivity index (χ3n) is 3.60. The van der Waals surface area contributed by atoms with Gasteiger partial charge in [-0.2, -0.15) is 5.10 Å². The van der Waals surface area contributed by atoms with Gasteiger partial charge in [0, 0.05) is 18.3 Å². The normalized spacial score (nSPS) is 25.9. The van der Waals surface area contributed by atoms with Crippen molar-refractivity contribution in [3.63, 3.8) is 0 Å². The number of ether oxygens (including phenoxy) is 1. The van der Waals surface area contributed by atoms with Crippen LogP contribution in [0.2, 0.25) is 0 Å². The van der Waals surface area contributed by atoms with Crippen LogP contribution in [0.1, 0.15) is 45.3 Å². The van der Waals surface area contributed by atoms with Crippen LogP contribution in [0.4, 0.5) is 13.2 Å². The van der Waals surface area contributed by atoms with Crippen molar-refractivity contribution in [1.29, 1.82) is 0 Å². The minimum atomic E-state index is -4.58. The predicted molar refractivity (Wildman–Crippen MR) is 67.9 cm³/mol. The van der Waals surface area contributed by atoms with Crippen molar-refractivity contribution in [1.82, 2.24) is 15.1 Å². The molecule has 1 aromatic rings. The number of halogens is 3. The third-order valence-corrected chi connectivity index (χ3v) is 3.60. The molecule has 1 saturated heterocycles. The molecule has 0 radical (unpaired) electrons. The highest BCUT2D eigenvalue weighted by atomic mass is 19.4. The Morgan fingerprint density at radius 2 is 2.05 bits per heavy atom. The fourth-order valence-electron chi connectivity index (χ4n) is 2.78. The van der Waals surface area contributed by atoms with E-state index in [0.717, 1.165) is 5.69 Å². The molecular formula is C13H20F3N3O. The van der Waals surface area contributed by atoms with Crippen LogP contribution in [-0.4, -0.2) is 39.6 Å². The van der Waals surface area contributed by atoms with E-state index in [1.807, 2.05) is 0 Å². The fraction of sp³-hybridized carbons (Fsp3) is 0.769.